The molecule has 2 rings (SSSR count). The second kappa shape index (κ2) is 6.24. The Balaban J connectivity index is 1.86. The first-order chi connectivity index (χ1) is 8.81. The van der Waals surface area contributed by atoms with Crippen LogP contribution in [0.4, 0.5) is 4.79 Å². The van der Waals surface area contributed by atoms with Gasteiger partial charge in [0, 0.05) is 12.6 Å². The summed E-state index contributed by atoms with van der Waals surface area (Å²) in [6.07, 6.45) is 4.61. The van der Waals surface area contributed by atoms with Crippen molar-refractivity contribution in [1.82, 2.24) is 4.90 Å². The predicted octanol–water partition coefficient (Wildman–Crippen LogP) is 3.36. The van der Waals surface area contributed by atoms with Crippen LogP contribution in [-0.2, 0) is 11.3 Å². The summed E-state index contributed by atoms with van der Waals surface area (Å²) in [7, 11) is 0. The molecule has 1 saturated heterocycles. The fourth-order valence-electron chi connectivity index (χ4n) is 2.32. The highest BCUT2D eigenvalue weighted by atomic mass is 16.6. The van der Waals surface area contributed by atoms with Gasteiger partial charge in [0.05, 0.1) is 0 Å². The van der Waals surface area contributed by atoms with Crippen molar-refractivity contribution in [2.75, 3.05) is 6.54 Å². The standard InChI is InChI=1S/C15H19NO2/c1-2-7-14-10-6-11-16(14)15(17)18-12-13-8-4-3-5-9-13/h2-5,8-9,14H,1,6-7,10-12H2/t14-/m0/s1. The van der Waals surface area contributed by atoms with Gasteiger partial charge in [-0.2, -0.15) is 0 Å². The maximum Gasteiger partial charge on any atom is 0.410 e. The zero-order valence-corrected chi connectivity index (χ0v) is 10.5. The summed E-state index contributed by atoms with van der Waals surface area (Å²) < 4.78 is 5.34. The summed E-state index contributed by atoms with van der Waals surface area (Å²) in [6, 6.07) is 10.0. The third-order valence-corrected chi connectivity index (χ3v) is 3.26. The lowest BCUT2D eigenvalue weighted by molar-refractivity contribution is 0.0925. The smallest absolute Gasteiger partial charge is 0.410 e. The number of carbonyl (C=O) groups is 1. The van der Waals surface area contributed by atoms with E-state index in [1.165, 1.54) is 0 Å². The van der Waals surface area contributed by atoms with Crippen LogP contribution >= 0.6 is 0 Å². The van der Waals surface area contributed by atoms with Gasteiger partial charge in [0.1, 0.15) is 6.61 Å². The number of amides is 1. The van der Waals surface area contributed by atoms with Crippen LogP contribution in [0.3, 0.4) is 0 Å². The Bertz CT molecular complexity index is 402. The predicted molar refractivity (Wildman–Crippen MR) is 71.2 cm³/mol. The van der Waals surface area contributed by atoms with Gasteiger partial charge in [-0.05, 0) is 24.8 Å². The number of nitrogens with zero attached hydrogens (tertiary/aromatic N) is 1. The van der Waals surface area contributed by atoms with E-state index in [2.05, 4.69) is 6.58 Å². The third-order valence-electron chi connectivity index (χ3n) is 3.26. The number of rotatable bonds is 4. The van der Waals surface area contributed by atoms with Gasteiger partial charge >= 0.3 is 6.09 Å². The molecule has 1 aliphatic rings. The molecule has 1 amide bonds. The minimum Gasteiger partial charge on any atom is -0.445 e. The van der Waals surface area contributed by atoms with Crippen LogP contribution in [0.25, 0.3) is 0 Å². The van der Waals surface area contributed by atoms with E-state index in [1.807, 2.05) is 41.3 Å². The van der Waals surface area contributed by atoms with Crippen molar-refractivity contribution in [2.45, 2.75) is 31.9 Å². The highest BCUT2D eigenvalue weighted by molar-refractivity contribution is 5.68. The molecule has 0 bridgehead atoms. The van der Waals surface area contributed by atoms with E-state index in [-0.39, 0.29) is 12.1 Å². The zero-order valence-electron chi connectivity index (χ0n) is 10.5. The van der Waals surface area contributed by atoms with Crippen molar-refractivity contribution in [3.63, 3.8) is 0 Å². The average molecular weight is 245 g/mol. The van der Waals surface area contributed by atoms with Gasteiger partial charge in [-0.1, -0.05) is 36.4 Å². The van der Waals surface area contributed by atoms with Crippen LogP contribution in [0.5, 0.6) is 0 Å². The number of likely N-dealkylation sites (tertiary alicyclic amines) is 1. The van der Waals surface area contributed by atoms with E-state index in [0.717, 1.165) is 31.4 Å². The van der Waals surface area contributed by atoms with Crippen LogP contribution in [-0.4, -0.2) is 23.6 Å². The molecule has 3 nitrogen and oxygen atoms in total. The maximum atomic E-state index is 12.0. The maximum absolute atomic E-state index is 12.0. The van der Waals surface area contributed by atoms with Crippen molar-refractivity contribution in [3.8, 4) is 0 Å². The molecular formula is C15H19NO2. The number of carbonyl (C=O) groups excluding carboxylic acids is 1. The van der Waals surface area contributed by atoms with Crippen LogP contribution < -0.4 is 0 Å². The van der Waals surface area contributed by atoms with E-state index in [0.29, 0.717) is 6.61 Å². The van der Waals surface area contributed by atoms with Gasteiger partial charge in [0.25, 0.3) is 0 Å². The molecule has 0 radical (unpaired) electrons. The number of hydrogen-bond acceptors (Lipinski definition) is 2. The number of hydrogen-bond donors (Lipinski definition) is 0. The number of ether oxygens (including phenoxy) is 1. The van der Waals surface area contributed by atoms with Crippen LogP contribution in [0, 0.1) is 0 Å². The van der Waals surface area contributed by atoms with E-state index in [4.69, 9.17) is 4.74 Å². The molecule has 1 aliphatic heterocycles. The quantitative estimate of drug-likeness (QED) is 0.761. The van der Waals surface area contributed by atoms with Crippen molar-refractivity contribution < 1.29 is 9.53 Å². The summed E-state index contributed by atoms with van der Waals surface area (Å²) in [4.78, 5) is 13.8. The van der Waals surface area contributed by atoms with Gasteiger partial charge in [-0.15, -0.1) is 6.58 Å². The van der Waals surface area contributed by atoms with Crippen molar-refractivity contribution in [2.24, 2.45) is 0 Å². The first-order valence-corrected chi connectivity index (χ1v) is 6.39. The molecule has 18 heavy (non-hydrogen) atoms. The normalized spacial score (nSPS) is 18.7. The largest absolute Gasteiger partial charge is 0.445 e. The van der Waals surface area contributed by atoms with E-state index in [9.17, 15) is 4.79 Å². The fourth-order valence-corrected chi connectivity index (χ4v) is 2.32. The van der Waals surface area contributed by atoms with Gasteiger partial charge in [0.15, 0.2) is 0 Å². The number of benzene rings is 1. The molecule has 96 valence electrons. The molecular weight excluding hydrogens is 226 g/mol. The SMILES string of the molecule is C=CC[C@H]1CCCN1C(=O)OCc1ccccc1. The fraction of sp³-hybridized carbons (Fsp3) is 0.400. The Morgan fingerprint density at radius 3 is 2.94 bits per heavy atom. The summed E-state index contributed by atoms with van der Waals surface area (Å²) in [5.74, 6) is 0. The Hall–Kier alpha value is -1.77. The molecule has 3 heteroatoms. The minimum atomic E-state index is -0.205. The Morgan fingerprint density at radius 2 is 2.22 bits per heavy atom. The Kier molecular flexibility index (Phi) is 4.40. The van der Waals surface area contributed by atoms with Gasteiger partial charge < -0.3 is 9.64 Å². The van der Waals surface area contributed by atoms with E-state index in [1.54, 1.807) is 0 Å². The molecule has 1 atom stereocenters. The second-order valence-electron chi connectivity index (χ2n) is 4.55. The first-order valence-electron chi connectivity index (χ1n) is 6.39. The lowest BCUT2D eigenvalue weighted by Crippen LogP contribution is -2.35. The topological polar surface area (TPSA) is 29.5 Å². The van der Waals surface area contributed by atoms with Crippen molar-refractivity contribution in [3.05, 3.63) is 48.6 Å². The summed E-state index contributed by atoms with van der Waals surface area (Å²) in [5, 5.41) is 0. The van der Waals surface area contributed by atoms with Crippen molar-refractivity contribution in [1.29, 1.82) is 0 Å². The molecule has 1 aromatic carbocycles. The molecule has 0 spiro atoms. The molecule has 0 N–H and O–H groups in total. The zero-order chi connectivity index (χ0) is 12.8. The molecule has 0 unspecified atom stereocenters. The molecule has 1 aromatic rings. The van der Waals surface area contributed by atoms with Crippen LogP contribution in [0.2, 0.25) is 0 Å². The van der Waals surface area contributed by atoms with E-state index < -0.39 is 0 Å². The van der Waals surface area contributed by atoms with Gasteiger partial charge in [0.2, 0.25) is 0 Å². The molecule has 1 fully saturated rings. The van der Waals surface area contributed by atoms with Crippen molar-refractivity contribution >= 4 is 6.09 Å². The first kappa shape index (κ1) is 12.7. The Morgan fingerprint density at radius 1 is 1.44 bits per heavy atom. The second-order valence-corrected chi connectivity index (χ2v) is 4.55. The molecule has 0 aliphatic carbocycles. The van der Waals surface area contributed by atoms with Gasteiger partial charge in [-0.25, -0.2) is 4.79 Å². The highest BCUT2D eigenvalue weighted by Crippen LogP contribution is 2.21. The molecule has 0 saturated carbocycles. The third kappa shape index (κ3) is 3.13. The summed E-state index contributed by atoms with van der Waals surface area (Å²) in [5.41, 5.74) is 1.02. The molecule has 0 aromatic heterocycles. The lowest BCUT2D eigenvalue weighted by atomic mass is 10.1. The Labute approximate surface area is 108 Å². The van der Waals surface area contributed by atoms with E-state index >= 15 is 0 Å². The summed E-state index contributed by atoms with van der Waals surface area (Å²) in [6.45, 7) is 4.87. The molecule has 1 heterocycles. The highest BCUT2D eigenvalue weighted by Gasteiger charge is 2.28. The summed E-state index contributed by atoms with van der Waals surface area (Å²) >= 11 is 0. The average Bonchev–Trinajstić information content (AvgIpc) is 2.86. The minimum absolute atomic E-state index is 0.205. The van der Waals surface area contributed by atoms with Gasteiger partial charge in [-0.3, -0.25) is 0 Å². The van der Waals surface area contributed by atoms with Crippen LogP contribution in [0.15, 0.2) is 43.0 Å². The monoisotopic (exact) mass is 245 g/mol. The van der Waals surface area contributed by atoms with Crippen LogP contribution in [0.1, 0.15) is 24.8 Å². The lowest BCUT2D eigenvalue weighted by Gasteiger charge is -2.23.